The quantitative estimate of drug-likeness (QED) is 0.430. The van der Waals surface area contributed by atoms with Gasteiger partial charge in [-0.1, -0.05) is 0 Å². The largest absolute Gasteiger partial charge is 0.419 e. The summed E-state index contributed by atoms with van der Waals surface area (Å²) in [5.74, 6) is 0. The molecule has 1 N–H and O–H groups in total. The van der Waals surface area contributed by atoms with Crippen molar-refractivity contribution in [3.8, 4) is 0 Å². The minimum absolute atomic E-state index is 1.29. The van der Waals surface area contributed by atoms with Crippen LogP contribution < -0.4 is 0 Å². The number of hydrogen-bond donors (Lipinski definition) is 1. The Morgan fingerprint density at radius 1 is 1.86 bits per heavy atom. The summed E-state index contributed by atoms with van der Waals surface area (Å²) in [4.78, 5) is 9.44. The Balaban J connectivity index is 3.32. The molecule has 0 aromatic rings. The van der Waals surface area contributed by atoms with Crippen molar-refractivity contribution in [2.45, 2.75) is 0 Å². The third kappa shape index (κ3) is 5.87. The van der Waals surface area contributed by atoms with Gasteiger partial charge < -0.3 is 4.18 Å². The molecule has 0 saturated heterocycles. The van der Waals surface area contributed by atoms with Crippen LogP contribution >= 0.6 is 11.6 Å². The van der Waals surface area contributed by atoms with Gasteiger partial charge in [0.1, 0.15) is 0 Å². The van der Waals surface area contributed by atoms with Gasteiger partial charge in [0.05, 0.1) is 0 Å². The Morgan fingerprint density at radius 3 is 2.29 bits per heavy atom. The molecule has 4 nitrogen and oxygen atoms in total. The fourth-order valence-corrected chi connectivity index (χ4v) is 0.330. The number of carbonyl (C=O) groups excluding carboxylic acids is 1. The van der Waals surface area contributed by atoms with Crippen LogP contribution in [0.4, 0.5) is 4.79 Å². The standard InChI is InChI=1S/CHClO4S/c2-1(3)6-7(4)5/h(H,4,5). The molecule has 0 amide bonds. The van der Waals surface area contributed by atoms with Gasteiger partial charge in [-0.25, -0.2) is 4.79 Å². The summed E-state index contributed by atoms with van der Waals surface area (Å²) < 4.78 is 20.5. The lowest BCUT2D eigenvalue weighted by Crippen LogP contribution is -1.95. The van der Waals surface area contributed by atoms with E-state index in [4.69, 9.17) is 4.55 Å². The Hall–Kier alpha value is -0.130. The third-order valence-corrected chi connectivity index (χ3v) is 0.599. The van der Waals surface area contributed by atoms with Crippen molar-refractivity contribution in [3.05, 3.63) is 0 Å². The zero-order valence-electron chi connectivity index (χ0n) is 2.96. The van der Waals surface area contributed by atoms with Crippen molar-refractivity contribution < 1.29 is 17.7 Å². The average molecular weight is 145 g/mol. The second-order valence-corrected chi connectivity index (χ2v) is 1.45. The first kappa shape index (κ1) is 6.87. The molecule has 0 heterocycles. The van der Waals surface area contributed by atoms with Crippen LogP contribution in [0.2, 0.25) is 0 Å². The Morgan fingerprint density at radius 2 is 2.29 bits per heavy atom. The highest BCUT2D eigenvalue weighted by Gasteiger charge is 1.97. The van der Waals surface area contributed by atoms with E-state index >= 15 is 0 Å². The SMILES string of the molecule is O=C(Cl)OS(=O)O. The third-order valence-electron chi connectivity index (χ3n) is 0.137. The van der Waals surface area contributed by atoms with Crippen LogP contribution in [-0.4, -0.2) is 14.2 Å². The molecule has 0 aliphatic heterocycles. The van der Waals surface area contributed by atoms with Crippen LogP contribution in [0, 0.1) is 0 Å². The van der Waals surface area contributed by atoms with E-state index in [2.05, 4.69) is 15.8 Å². The minimum atomic E-state index is -2.58. The van der Waals surface area contributed by atoms with E-state index in [1.165, 1.54) is 0 Å². The Kier molecular flexibility index (Phi) is 2.89. The number of hydrogen-bond acceptors (Lipinski definition) is 3. The lowest BCUT2D eigenvalue weighted by Gasteiger charge is -1.84. The van der Waals surface area contributed by atoms with Gasteiger partial charge in [0.2, 0.25) is 0 Å². The topological polar surface area (TPSA) is 63.6 Å². The van der Waals surface area contributed by atoms with E-state index in [0.717, 1.165) is 0 Å². The molecule has 0 bridgehead atoms. The Bertz CT molecular complexity index is 87.9. The maximum Gasteiger partial charge on any atom is 0.419 e. The van der Waals surface area contributed by atoms with Gasteiger partial charge in [-0.05, 0) is 0 Å². The molecule has 0 aromatic heterocycles. The highest BCUT2D eigenvalue weighted by atomic mass is 35.5. The fraction of sp³-hybridized carbons (Fsp3) is 0. The second kappa shape index (κ2) is 2.95. The van der Waals surface area contributed by atoms with Crippen molar-refractivity contribution in [2.24, 2.45) is 0 Å². The predicted octanol–water partition coefficient (Wildman–Crippen LogP) is 0.499. The molecule has 1 unspecified atom stereocenters. The molecule has 42 valence electrons. The summed E-state index contributed by atoms with van der Waals surface area (Å²) in [7, 11) is 0. The predicted molar refractivity (Wildman–Crippen MR) is 23.1 cm³/mol. The summed E-state index contributed by atoms with van der Waals surface area (Å²) in [5.41, 5.74) is -1.29. The van der Waals surface area contributed by atoms with Crippen molar-refractivity contribution >= 4 is 28.4 Å². The van der Waals surface area contributed by atoms with Gasteiger partial charge in [-0.2, -0.15) is 4.21 Å². The molecule has 0 spiro atoms. The minimum Gasteiger partial charge on any atom is -0.330 e. The molecule has 0 saturated carbocycles. The number of halogens is 1. The zero-order chi connectivity index (χ0) is 5.86. The molecule has 0 fully saturated rings. The van der Waals surface area contributed by atoms with E-state index in [9.17, 15) is 9.00 Å². The first-order chi connectivity index (χ1) is 3.13. The second-order valence-electron chi connectivity index (χ2n) is 0.538. The Labute approximate surface area is 46.9 Å². The van der Waals surface area contributed by atoms with E-state index in [0.29, 0.717) is 0 Å². The molecular formula is CHClO4S. The highest BCUT2D eigenvalue weighted by molar-refractivity contribution is 7.74. The van der Waals surface area contributed by atoms with E-state index in [1.54, 1.807) is 0 Å². The van der Waals surface area contributed by atoms with Crippen LogP contribution in [0.3, 0.4) is 0 Å². The van der Waals surface area contributed by atoms with Gasteiger partial charge in [-0.3, -0.25) is 4.55 Å². The highest BCUT2D eigenvalue weighted by Crippen LogP contribution is 1.87. The summed E-state index contributed by atoms with van der Waals surface area (Å²) in [6.07, 6.45) is 0. The molecule has 1 atom stereocenters. The fourth-order valence-electron chi connectivity index (χ4n) is 0.0560. The van der Waals surface area contributed by atoms with Gasteiger partial charge in [0.15, 0.2) is 0 Å². The van der Waals surface area contributed by atoms with Gasteiger partial charge >= 0.3 is 16.8 Å². The number of carbonyl (C=O) groups is 1. The normalized spacial score (nSPS) is 12.9. The lowest BCUT2D eigenvalue weighted by atomic mass is 11.6. The van der Waals surface area contributed by atoms with Crippen LogP contribution in [0.25, 0.3) is 0 Å². The van der Waals surface area contributed by atoms with Crippen molar-refractivity contribution in [3.63, 3.8) is 0 Å². The summed E-state index contributed by atoms with van der Waals surface area (Å²) in [6, 6.07) is 0. The van der Waals surface area contributed by atoms with Crippen LogP contribution in [-0.2, 0) is 15.5 Å². The van der Waals surface area contributed by atoms with E-state index in [-0.39, 0.29) is 0 Å². The van der Waals surface area contributed by atoms with Gasteiger partial charge in [0.25, 0.3) is 0 Å². The molecule has 0 aliphatic rings. The van der Waals surface area contributed by atoms with Crippen LogP contribution in [0.5, 0.6) is 0 Å². The van der Waals surface area contributed by atoms with E-state index < -0.39 is 16.8 Å². The first-order valence-electron chi connectivity index (χ1n) is 1.11. The van der Waals surface area contributed by atoms with Gasteiger partial charge in [-0.15, -0.1) is 0 Å². The van der Waals surface area contributed by atoms with Gasteiger partial charge in [0, 0.05) is 11.6 Å². The van der Waals surface area contributed by atoms with Crippen LogP contribution in [0.15, 0.2) is 0 Å². The maximum atomic E-state index is 9.44. The molecule has 0 radical (unpaired) electrons. The first-order valence-corrected chi connectivity index (χ1v) is 2.52. The summed E-state index contributed by atoms with van der Waals surface area (Å²) >= 11 is 1.88. The summed E-state index contributed by atoms with van der Waals surface area (Å²) in [5, 5.41) is 0. The monoisotopic (exact) mass is 144 g/mol. The number of rotatable bonds is 1. The average Bonchev–Trinajstić information content (AvgIpc) is 1.27. The van der Waals surface area contributed by atoms with Crippen molar-refractivity contribution in [1.29, 1.82) is 0 Å². The molecule has 0 rings (SSSR count). The molecular weight excluding hydrogens is 144 g/mol. The van der Waals surface area contributed by atoms with Crippen molar-refractivity contribution in [1.82, 2.24) is 0 Å². The van der Waals surface area contributed by atoms with Crippen molar-refractivity contribution in [2.75, 3.05) is 0 Å². The molecule has 6 heteroatoms. The molecule has 7 heavy (non-hydrogen) atoms. The van der Waals surface area contributed by atoms with E-state index in [1.807, 2.05) is 0 Å². The summed E-state index contributed by atoms with van der Waals surface area (Å²) in [6.45, 7) is 0. The van der Waals surface area contributed by atoms with Crippen LogP contribution in [0.1, 0.15) is 0 Å². The zero-order valence-corrected chi connectivity index (χ0v) is 4.53. The maximum absolute atomic E-state index is 9.44. The molecule has 0 aliphatic carbocycles. The lowest BCUT2D eigenvalue weighted by molar-refractivity contribution is 0.226. The molecule has 0 aromatic carbocycles. The smallest absolute Gasteiger partial charge is 0.330 e.